The largest absolute Gasteiger partial charge is 0.346 e. The maximum atomic E-state index is 12.6. The van der Waals surface area contributed by atoms with Crippen molar-refractivity contribution in [3.05, 3.63) is 30.1 Å². The third-order valence-electron chi connectivity index (χ3n) is 6.18. The molecule has 3 amide bonds. The van der Waals surface area contributed by atoms with Crippen LogP contribution in [0.1, 0.15) is 57.8 Å². The van der Waals surface area contributed by atoms with Gasteiger partial charge in [-0.3, -0.25) is 19.3 Å². The van der Waals surface area contributed by atoms with Gasteiger partial charge in [-0.1, -0.05) is 38.8 Å². The summed E-state index contributed by atoms with van der Waals surface area (Å²) in [5.74, 6) is 0.151. The third kappa shape index (κ3) is 3.78. The number of amides is 3. The minimum Gasteiger partial charge on any atom is -0.346 e. The summed E-state index contributed by atoms with van der Waals surface area (Å²) in [4.78, 5) is 47.0. The van der Waals surface area contributed by atoms with Gasteiger partial charge >= 0.3 is 0 Å². The fourth-order valence-corrected chi connectivity index (χ4v) is 4.58. The molecule has 0 radical (unpaired) electrons. The highest BCUT2D eigenvalue weighted by Crippen LogP contribution is 2.38. The second-order valence-electron chi connectivity index (χ2n) is 8.50. The number of imidazole rings is 1. The standard InChI is InChI=1S/C22H28N4O3/c1-13(2)19(20-23-16-9-5-6-10-17(16)24-20)25-18(27)11-12-26-21(28)14-7-3-4-8-15(14)22(26)29/h5-6,9-10,13-15,19H,3-4,7-8,11-12H2,1-2H3,(H,23,24)(H,25,27)/t14-,15-,19-/m0/s1. The molecule has 1 saturated carbocycles. The Hall–Kier alpha value is -2.70. The lowest BCUT2D eigenvalue weighted by atomic mass is 9.81. The van der Waals surface area contributed by atoms with Gasteiger partial charge in [0.25, 0.3) is 0 Å². The summed E-state index contributed by atoms with van der Waals surface area (Å²) in [6.07, 6.45) is 3.70. The number of aromatic nitrogens is 2. The Morgan fingerprint density at radius 2 is 1.83 bits per heavy atom. The average Bonchev–Trinajstić information content (AvgIpc) is 3.24. The molecule has 1 saturated heterocycles. The van der Waals surface area contributed by atoms with E-state index < -0.39 is 0 Å². The minimum atomic E-state index is -0.262. The molecule has 154 valence electrons. The fourth-order valence-electron chi connectivity index (χ4n) is 4.58. The predicted octanol–water partition coefficient (Wildman–Crippen LogP) is 2.94. The molecule has 2 heterocycles. The van der Waals surface area contributed by atoms with Crippen molar-refractivity contribution in [3.63, 3.8) is 0 Å². The number of fused-ring (bicyclic) bond motifs is 2. The lowest BCUT2D eigenvalue weighted by molar-refractivity contribution is -0.140. The summed E-state index contributed by atoms with van der Waals surface area (Å²) in [6, 6.07) is 7.49. The van der Waals surface area contributed by atoms with Gasteiger partial charge < -0.3 is 10.3 Å². The van der Waals surface area contributed by atoms with Gasteiger partial charge in [0, 0.05) is 13.0 Å². The molecular weight excluding hydrogens is 368 g/mol. The van der Waals surface area contributed by atoms with E-state index in [-0.39, 0.29) is 54.5 Å². The van der Waals surface area contributed by atoms with E-state index >= 15 is 0 Å². The number of carbonyl (C=O) groups excluding carboxylic acids is 3. The number of carbonyl (C=O) groups is 3. The molecular formula is C22H28N4O3. The molecule has 2 aliphatic rings. The summed E-state index contributed by atoms with van der Waals surface area (Å²) >= 11 is 0. The fraction of sp³-hybridized carbons (Fsp3) is 0.545. The Morgan fingerprint density at radius 3 is 2.45 bits per heavy atom. The van der Waals surface area contributed by atoms with E-state index in [1.807, 2.05) is 38.1 Å². The first kappa shape index (κ1) is 19.6. The van der Waals surface area contributed by atoms with Crippen LogP contribution in [0.15, 0.2) is 24.3 Å². The van der Waals surface area contributed by atoms with Crippen LogP contribution in [0.25, 0.3) is 11.0 Å². The number of likely N-dealkylation sites (tertiary alicyclic amines) is 1. The van der Waals surface area contributed by atoms with Crippen LogP contribution >= 0.6 is 0 Å². The number of hydrogen-bond donors (Lipinski definition) is 2. The molecule has 3 atom stereocenters. The molecule has 2 fully saturated rings. The topological polar surface area (TPSA) is 95.2 Å². The zero-order valence-corrected chi connectivity index (χ0v) is 17.0. The molecule has 7 nitrogen and oxygen atoms in total. The third-order valence-corrected chi connectivity index (χ3v) is 6.18. The van der Waals surface area contributed by atoms with Crippen LogP contribution < -0.4 is 5.32 Å². The smallest absolute Gasteiger partial charge is 0.233 e. The highest BCUT2D eigenvalue weighted by Gasteiger charge is 2.47. The van der Waals surface area contributed by atoms with Crippen molar-refractivity contribution in [3.8, 4) is 0 Å². The van der Waals surface area contributed by atoms with Crippen molar-refractivity contribution in [1.29, 1.82) is 0 Å². The SMILES string of the molecule is CC(C)[C@H](NC(=O)CCN1C(=O)[C@H]2CCCC[C@@H]2C1=O)c1nc2ccccc2[nH]1. The van der Waals surface area contributed by atoms with Crippen molar-refractivity contribution < 1.29 is 14.4 Å². The van der Waals surface area contributed by atoms with Crippen LogP contribution in [0.4, 0.5) is 0 Å². The van der Waals surface area contributed by atoms with E-state index in [2.05, 4.69) is 15.3 Å². The van der Waals surface area contributed by atoms with Gasteiger partial charge in [0.2, 0.25) is 17.7 Å². The molecule has 1 aromatic heterocycles. The highest BCUT2D eigenvalue weighted by molar-refractivity contribution is 6.05. The molecule has 2 aromatic rings. The van der Waals surface area contributed by atoms with Gasteiger partial charge in [-0.05, 0) is 30.9 Å². The molecule has 1 aliphatic carbocycles. The Balaban J connectivity index is 1.40. The van der Waals surface area contributed by atoms with Gasteiger partial charge in [0.1, 0.15) is 5.82 Å². The lowest BCUT2D eigenvalue weighted by Crippen LogP contribution is -2.37. The van der Waals surface area contributed by atoms with Crippen molar-refractivity contribution in [2.75, 3.05) is 6.54 Å². The highest BCUT2D eigenvalue weighted by atomic mass is 16.2. The Labute approximate surface area is 170 Å². The zero-order valence-electron chi connectivity index (χ0n) is 17.0. The van der Waals surface area contributed by atoms with E-state index in [1.165, 1.54) is 4.90 Å². The second-order valence-corrected chi connectivity index (χ2v) is 8.50. The first-order chi connectivity index (χ1) is 14.0. The number of hydrogen-bond acceptors (Lipinski definition) is 4. The summed E-state index contributed by atoms with van der Waals surface area (Å²) in [5.41, 5.74) is 1.79. The second kappa shape index (κ2) is 7.97. The van der Waals surface area contributed by atoms with Crippen LogP contribution in [0.5, 0.6) is 0 Å². The summed E-state index contributed by atoms with van der Waals surface area (Å²) in [6.45, 7) is 4.20. The number of nitrogens with one attached hydrogen (secondary N) is 2. The molecule has 2 N–H and O–H groups in total. The lowest BCUT2D eigenvalue weighted by Gasteiger charge is -2.21. The van der Waals surface area contributed by atoms with Gasteiger partial charge in [-0.25, -0.2) is 4.98 Å². The zero-order chi connectivity index (χ0) is 20.5. The molecule has 1 aliphatic heterocycles. The number of imide groups is 1. The summed E-state index contributed by atoms with van der Waals surface area (Å²) < 4.78 is 0. The van der Waals surface area contributed by atoms with Crippen LogP contribution in [0, 0.1) is 17.8 Å². The number of nitrogens with zero attached hydrogens (tertiary/aromatic N) is 2. The number of benzene rings is 1. The van der Waals surface area contributed by atoms with Crippen molar-refractivity contribution in [1.82, 2.24) is 20.2 Å². The van der Waals surface area contributed by atoms with E-state index in [1.54, 1.807) is 0 Å². The summed E-state index contributed by atoms with van der Waals surface area (Å²) in [7, 11) is 0. The molecule has 7 heteroatoms. The van der Waals surface area contributed by atoms with E-state index in [0.29, 0.717) is 5.82 Å². The van der Waals surface area contributed by atoms with Gasteiger partial charge in [0.05, 0.1) is 28.9 Å². The van der Waals surface area contributed by atoms with Crippen LogP contribution in [0.2, 0.25) is 0 Å². The quantitative estimate of drug-likeness (QED) is 0.734. The summed E-state index contributed by atoms with van der Waals surface area (Å²) in [5, 5.41) is 3.03. The first-order valence-corrected chi connectivity index (χ1v) is 10.5. The van der Waals surface area contributed by atoms with Crippen molar-refractivity contribution in [2.45, 2.75) is 52.0 Å². The monoisotopic (exact) mass is 396 g/mol. The van der Waals surface area contributed by atoms with Gasteiger partial charge in [-0.15, -0.1) is 0 Å². The van der Waals surface area contributed by atoms with E-state index in [0.717, 1.165) is 36.7 Å². The van der Waals surface area contributed by atoms with Crippen LogP contribution in [-0.2, 0) is 14.4 Å². The van der Waals surface area contributed by atoms with Crippen LogP contribution in [0.3, 0.4) is 0 Å². The number of para-hydroxylation sites is 2. The first-order valence-electron chi connectivity index (χ1n) is 10.5. The van der Waals surface area contributed by atoms with Crippen LogP contribution in [-0.4, -0.2) is 39.1 Å². The maximum Gasteiger partial charge on any atom is 0.233 e. The average molecular weight is 396 g/mol. The maximum absolute atomic E-state index is 12.6. The molecule has 4 rings (SSSR count). The Morgan fingerprint density at radius 1 is 1.17 bits per heavy atom. The van der Waals surface area contributed by atoms with Crippen molar-refractivity contribution >= 4 is 28.8 Å². The van der Waals surface area contributed by atoms with Crippen molar-refractivity contribution in [2.24, 2.45) is 17.8 Å². The number of rotatable bonds is 6. The van der Waals surface area contributed by atoms with Gasteiger partial charge in [-0.2, -0.15) is 0 Å². The normalized spacial score (nSPS) is 22.9. The molecule has 0 spiro atoms. The molecule has 0 unspecified atom stereocenters. The Bertz CT molecular complexity index is 878. The molecule has 29 heavy (non-hydrogen) atoms. The molecule has 1 aromatic carbocycles. The predicted molar refractivity (Wildman–Crippen MR) is 109 cm³/mol. The van der Waals surface area contributed by atoms with E-state index in [4.69, 9.17) is 0 Å². The Kier molecular flexibility index (Phi) is 5.39. The van der Waals surface area contributed by atoms with Gasteiger partial charge in [0.15, 0.2) is 0 Å². The number of aromatic amines is 1. The molecule has 0 bridgehead atoms. The van der Waals surface area contributed by atoms with E-state index in [9.17, 15) is 14.4 Å². The number of H-pyrrole nitrogens is 1. The minimum absolute atomic E-state index is 0.0924.